The Labute approximate surface area is 154 Å². The largest absolute Gasteiger partial charge is 0.490 e. The highest BCUT2D eigenvalue weighted by Gasteiger charge is 2.38. The van der Waals surface area contributed by atoms with Crippen molar-refractivity contribution in [3.63, 3.8) is 0 Å². The molecule has 154 valence electrons. The van der Waals surface area contributed by atoms with Crippen molar-refractivity contribution in [2.24, 2.45) is 18.7 Å². The Morgan fingerprint density at radius 1 is 1.44 bits per heavy atom. The van der Waals surface area contributed by atoms with Crippen molar-refractivity contribution in [2.75, 3.05) is 13.2 Å². The van der Waals surface area contributed by atoms with Gasteiger partial charge in [0.15, 0.2) is 0 Å². The molecule has 0 saturated heterocycles. The average Bonchev–Trinajstić information content (AvgIpc) is 3.25. The van der Waals surface area contributed by atoms with Gasteiger partial charge in [0.1, 0.15) is 19.0 Å². The van der Waals surface area contributed by atoms with Gasteiger partial charge >= 0.3 is 12.1 Å². The molecule has 1 saturated carbocycles. The number of alkyl halides is 3. The summed E-state index contributed by atoms with van der Waals surface area (Å²) in [5.74, 6) is -1.52. The number of nitrogens with zero attached hydrogens (tertiary/aromatic N) is 2. The van der Waals surface area contributed by atoms with E-state index in [1.54, 1.807) is 6.20 Å². The van der Waals surface area contributed by atoms with Crippen LogP contribution in [0.1, 0.15) is 31.5 Å². The quantitative estimate of drug-likeness (QED) is 0.639. The Morgan fingerprint density at radius 3 is 2.48 bits per heavy atom. The topological polar surface area (TPSA) is 119 Å². The van der Waals surface area contributed by atoms with Crippen LogP contribution < -0.4 is 11.1 Å². The van der Waals surface area contributed by atoms with Gasteiger partial charge in [-0.2, -0.15) is 13.2 Å². The van der Waals surface area contributed by atoms with E-state index in [1.165, 1.54) is 12.8 Å². The van der Waals surface area contributed by atoms with Crippen LogP contribution in [-0.4, -0.2) is 51.9 Å². The van der Waals surface area contributed by atoms with Crippen molar-refractivity contribution in [1.29, 1.82) is 0 Å². The second kappa shape index (κ2) is 10.9. The minimum absolute atomic E-state index is 0.0517. The number of halogens is 3. The standard InChI is InChI=1S/C14H24N4O2.C2HF3O2/c1-18-7-6-16-13(18)9-20-10-14(19)17-12(8-15)11-4-2-3-5-11;3-2(4,5)1(6)7/h6-7,11-12H,2-5,8-10,15H2,1H3,(H,17,19);(H,6,7). The number of nitrogens with one attached hydrogen (secondary N) is 1. The van der Waals surface area contributed by atoms with Crippen LogP contribution in [0.25, 0.3) is 0 Å². The number of amides is 1. The lowest BCUT2D eigenvalue weighted by Crippen LogP contribution is -2.45. The summed E-state index contributed by atoms with van der Waals surface area (Å²) in [6.45, 7) is 0.888. The van der Waals surface area contributed by atoms with Gasteiger partial charge in [-0.25, -0.2) is 9.78 Å². The number of imidazole rings is 1. The molecule has 27 heavy (non-hydrogen) atoms. The number of carbonyl (C=O) groups is 2. The zero-order valence-electron chi connectivity index (χ0n) is 15.0. The van der Waals surface area contributed by atoms with Gasteiger partial charge < -0.3 is 25.5 Å². The normalized spacial score (nSPS) is 15.7. The second-order valence-corrected chi connectivity index (χ2v) is 6.20. The third-order valence-electron chi connectivity index (χ3n) is 4.20. The monoisotopic (exact) mass is 394 g/mol. The number of ether oxygens (including phenoxy) is 1. The van der Waals surface area contributed by atoms with Gasteiger partial charge in [-0.1, -0.05) is 12.8 Å². The van der Waals surface area contributed by atoms with E-state index >= 15 is 0 Å². The molecular weight excluding hydrogens is 369 g/mol. The first-order chi connectivity index (χ1) is 12.6. The molecule has 1 aliphatic carbocycles. The predicted octanol–water partition coefficient (Wildman–Crippen LogP) is 1.20. The van der Waals surface area contributed by atoms with Gasteiger partial charge in [-0.15, -0.1) is 0 Å². The molecule has 1 aliphatic rings. The molecule has 1 aromatic heterocycles. The van der Waals surface area contributed by atoms with E-state index in [-0.39, 0.29) is 18.6 Å². The second-order valence-electron chi connectivity index (χ2n) is 6.20. The van der Waals surface area contributed by atoms with Crippen LogP contribution in [0.3, 0.4) is 0 Å². The first kappa shape index (κ1) is 22.9. The number of carbonyl (C=O) groups excluding carboxylic acids is 1. The van der Waals surface area contributed by atoms with Gasteiger partial charge in [-0.05, 0) is 18.8 Å². The van der Waals surface area contributed by atoms with Crippen LogP contribution in [0.2, 0.25) is 0 Å². The van der Waals surface area contributed by atoms with E-state index < -0.39 is 12.1 Å². The number of hydrogen-bond acceptors (Lipinski definition) is 5. The van der Waals surface area contributed by atoms with Crippen molar-refractivity contribution >= 4 is 11.9 Å². The first-order valence-corrected chi connectivity index (χ1v) is 8.48. The molecule has 0 aromatic carbocycles. The van der Waals surface area contributed by atoms with Crippen LogP contribution in [-0.2, 0) is 28.0 Å². The predicted molar refractivity (Wildman–Crippen MR) is 89.5 cm³/mol. The lowest BCUT2D eigenvalue weighted by Gasteiger charge is -2.23. The fourth-order valence-electron chi connectivity index (χ4n) is 2.75. The summed E-state index contributed by atoms with van der Waals surface area (Å²) in [4.78, 5) is 24.9. The van der Waals surface area contributed by atoms with Crippen molar-refractivity contribution in [1.82, 2.24) is 14.9 Å². The lowest BCUT2D eigenvalue weighted by molar-refractivity contribution is -0.192. The zero-order chi connectivity index (χ0) is 20.4. The Bertz CT molecular complexity index is 601. The third-order valence-corrected chi connectivity index (χ3v) is 4.20. The maximum Gasteiger partial charge on any atom is 0.490 e. The van der Waals surface area contributed by atoms with Gasteiger partial charge in [0, 0.05) is 32.0 Å². The highest BCUT2D eigenvalue weighted by Crippen LogP contribution is 2.27. The number of aromatic nitrogens is 2. The summed E-state index contributed by atoms with van der Waals surface area (Å²) in [5, 5.41) is 10.1. The molecule has 1 atom stereocenters. The molecule has 0 spiro atoms. The molecule has 0 radical (unpaired) electrons. The highest BCUT2D eigenvalue weighted by atomic mass is 19.4. The zero-order valence-corrected chi connectivity index (χ0v) is 15.0. The fraction of sp³-hybridized carbons (Fsp3) is 0.688. The molecule has 1 aromatic rings. The Balaban J connectivity index is 0.000000445. The fourth-order valence-corrected chi connectivity index (χ4v) is 2.75. The van der Waals surface area contributed by atoms with Gasteiger partial charge in [0.05, 0.1) is 0 Å². The minimum Gasteiger partial charge on any atom is -0.475 e. The smallest absolute Gasteiger partial charge is 0.475 e. The molecule has 4 N–H and O–H groups in total. The molecule has 1 heterocycles. The summed E-state index contributed by atoms with van der Waals surface area (Å²) in [6, 6.07) is 0.0850. The van der Waals surface area contributed by atoms with E-state index in [2.05, 4.69) is 10.3 Å². The number of aryl methyl sites for hydroxylation is 1. The molecule has 1 fully saturated rings. The molecule has 11 heteroatoms. The first-order valence-electron chi connectivity index (χ1n) is 8.48. The van der Waals surface area contributed by atoms with Crippen LogP contribution in [0, 0.1) is 5.92 Å². The van der Waals surface area contributed by atoms with Crippen molar-refractivity contribution in [3.05, 3.63) is 18.2 Å². The Kier molecular flexibility index (Phi) is 9.22. The number of nitrogens with two attached hydrogens (primary N) is 1. The van der Waals surface area contributed by atoms with Crippen LogP contribution in [0.5, 0.6) is 0 Å². The number of aliphatic carboxylic acids is 1. The van der Waals surface area contributed by atoms with E-state index in [0.717, 1.165) is 18.7 Å². The number of carboxylic acids is 1. The van der Waals surface area contributed by atoms with Crippen molar-refractivity contribution < 1.29 is 32.6 Å². The molecular formula is C16H25F3N4O4. The van der Waals surface area contributed by atoms with E-state index in [0.29, 0.717) is 19.1 Å². The summed E-state index contributed by atoms with van der Waals surface area (Å²) in [6.07, 6.45) is 3.29. The molecule has 0 aliphatic heterocycles. The van der Waals surface area contributed by atoms with E-state index in [1.807, 2.05) is 17.8 Å². The summed E-state index contributed by atoms with van der Waals surface area (Å²) in [7, 11) is 1.90. The minimum atomic E-state index is -5.08. The molecule has 8 nitrogen and oxygen atoms in total. The number of rotatable bonds is 7. The SMILES string of the molecule is Cn1ccnc1COCC(=O)NC(CN)C1CCCC1.O=C(O)C(F)(F)F. The summed E-state index contributed by atoms with van der Waals surface area (Å²) in [5.41, 5.74) is 5.76. The third kappa shape index (κ3) is 8.39. The summed E-state index contributed by atoms with van der Waals surface area (Å²) < 4.78 is 39.0. The summed E-state index contributed by atoms with van der Waals surface area (Å²) >= 11 is 0. The maximum atomic E-state index is 11.9. The van der Waals surface area contributed by atoms with Gasteiger partial charge in [0.25, 0.3) is 0 Å². The highest BCUT2D eigenvalue weighted by molar-refractivity contribution is 5.77. The Hall–Kier alpha value is -2.14. The van der Waals surface area contributed by atoms with Crippen LogP contribution in [0.4, 0.5) is 13.2 Å². The van der Waals surface area contributed by atoms with Crippen molar-refractivity contribution in [3.8, 4) is 0 Å². The van der Waals surface area contributed by atoms with Gasteiger partial charge in [0.2, 0.25) is 5.91 Å². The van der Waals surface area contributed by atoms with Crippen LogP contribution >= 0.6 is 0 Å². The molecule has 0 bridgehead atoms. The van der Waals surface area contributed by atoms with E-state index in [9.17, 15) is 18.0 Å². The lowest BCUT2D eigenvalue weighted by atomic mass is 9.98. The molecule has 1 unspecified atom stereocenters. The Morgan fingerprint density at radius 2 is 2.04 bits per heavy atom. The van der Waals surface area contributed by atoms with Gasteiger partial charge in [-0.3, -0.25) is 4.79 Å². The number of carboxylic acid groups (broad SMARTS) is 1. The van der Waals surface area contributed by atoms with Crippen molar-refractivity contribution in [2.45, 2.75) is 44.5 Å². The average molecular weight is 394 g/mol. The molecule has 2 rings (SSSR count). The van der Waals surface area contributed by atoms with Crippen LogP contribution in [0.15, 0.2) is 12.4 Å². The molecule has 1 amide bonds. The maximum absolute atomic E-state index is 11.9. The van der Waals surface area contributed by atoms with E-state index in [4.69, 9.17) is 20.4 Å². The number of hydrogen-bond donors (Lipinski definition) is 3.